The van der Waals surface area contributed by atoms with Crippen molar-refractivity contribution in [3.05, 3.63) is 29.3 Å². The molecule has 7 nitrogen and oxygen atoms in total. The van der Waals surface area contributed by atoms with E-state index < -0.39 is 0 Å². The van der Waals surface area contributed by atoms with Crippen LogP contribution >= 0.6 is 0 Å². The molecule has 1 aromatic rings. The Hall–Kier alpha value is -1.67. The summed E-state index contributed by atoms with van der Waals surface area (Å²) in [5.74, 6) is 1.17. The Bertz CT molecular complexity index is 632. The van der Waals surface area contributed by atoms with Crippen LogP contribution in [0.1, 0.15) is 36.9 Å². The molecule has 2 heterocycles. The van der Waals surface area contributed by atoms with E-state index in [2.05, 4.69) is 27.8 Å². The van der Waals surface area contributed by atoms with Crippen LogP contribution in [-0.2, 0) is 11.2 Å². The van der Waals surface area contributed by atoms with Crippen molar-refractivity contribution in [3.8, 4) is 5.75 Å². The molecule has 130 valence electrons. The Morgan fingerprint density at radius 2 is 2.21 bits per heavy atom. The van der Waals surface area contributed by atoms with Gasteiger partial charge in [-0.05, 0) is 48.9 Å². The van der Waals surface area contributed by atoms with Crippen LogP contribution in [0.3, 0.4) is 0 Å². The zero-order chi connectivity index (χ0) is 16.7. The highest BCUT2D eigenvalue weighted by molar-refractivity contribution is 5.83. The first-order valence-corrected chi connectivity index (χ1v) is 8.62. The number of nitrogens with one attached hydrogen (secondary N) is 4. The van der Waals surface area contributed by atoms with Gasteiger partial charge in [-0.2, -0.15) is 5.53 Å². The van der Waals surface area contributed by atoms with E-state index in [-0.39, 0.29) is 36.1 Å². The van der Waals surface area contributed by atoms with E-state index >= 15 is 0 Å². The van der Waals surface area contributed by atoms with E-state index in [9.17, 15) is 9.90 Å². The van der Waals surface area contributed by atoms with Gasteiger partial charge in [-0.1, -0.05) is 6.07 Å². The summed E-state index contributed by atoms with van der Waals surface area (Å²) in [6.07, 6.45) is 2.11. The number of carbonyl (C=O) groups excluding carboxylic acids is 1. The number of carbonyl (C=O) groups is 1. The Morgan fingerprint density at radius 3 is 2.92 bits per heavy atom. The number of benzene rings is 1. The minimum absolute atomic E-state index is 0.00560. The summed E-state index contributed by atoms with van der Waals surface area (Å²) in [6, 6.07) is 5.76. The molecule has 0 aromatic heterocycles. The molecule has 3 unspecified atom stereocenters. The van der Waals surface area contributed by atoms with Crippen molar-refractivity contribution in [3.63, 3.8) is 0 Å². The maximum atomic E-state index is 12.7. The van der Waals surface area contributed by atoms with Gasteiger partial charge in [0, 0.05) is 12.5 Å². The SMILES string of the molecule is CC1NNNC1C(=O)NC(c1ccc2c(c1)CCO2)C1CC(O)C1. The van der Waals surface area contributed by atoms with Crippen LogP contribution < -0.4 is 26.4 Å². The summed E-state index contributed by atoms with van der Waals surface area (Å²) in [5, 5.41) is 12.9. The highest BCUT2D eigenvalue weighted by Crippen LogP contribution is 2.39. The minimum Gasteiger partial charge on any atom is -0.493 e. The number of aliphatic hydroxyl groups is 1. The molecule has 3 aliphatic rings. The van der Waals surface area contributed by atoms with E-state index in [1.165, 1.54) is 5.56 Å². The van der Waals surface area contributed by atoms with Crippen molar-refractivity contribution < 1.29 is 14.6 Å². The molecule has 2 fully saturated rings. The summed E-state index contributed by atoms with van der Waals surface area (Å²) in [7, 11) is 0. The zero-order valence-corrected chi connectivity index (χ0v) is 13.7. The van der Waals surface area contributed by atoms with Crippen molar-refractivity contribution in [1.82, 2.24) is 21.7 Å². The van der Waals surface area contributed by atoms with Crippen LogP contribution in [0.15, 0.2) is 18.2 Å². The van der Waals surface area contributed by atoms with Crippen molar-refractivity contribution in [2.45, 2.75) is 50.4 Å². The van der Waals surface area contributed by atoms with Crippen molar-refractivity contribution in [2.75, 3.05) is 6.61 Å². The van der Waals surface area contributed by atoms with Gasteiger partial charge in [0.1, 0.15) is 11.8 Å². The van der Waals surface area contributed by atoms with E-state index in [1.807, 2.05) is 19.1 Å². The molecule has 1 amide bonds. The molecule has 0 spiro atoms. The minimum atomic E-state index is -0.324. The molecule has 5 N–H and O–H groups in total. The Labute approximate surface area is 141 Å². The summed E-state index contributed by atoms with van der Waals surface area (Å²) in [4.78, 5) is 12.7. The molecule has 24 heavy (non-hydrogen) atoms. The lowest BCUT2D eigenvalue weighted by Gasteiger charge is -2.39. The fourth-order valence-electron chi connectivity index (χ4n) is 3.75. The second kappa shape index (κ2) is 6.33. The number of hydrogen-bond acceptors (Lipinski definition) is 6. The number of hydrazine groups is 2. The molecule has 1 saturated heterocycles. The second-order valence-electron chi connectivity index (χ2n) is 7.02. The summed E-state index contributed by atoms with van der Waals surface area (Å²) in [6.45, 7) is 2.67. The van der Waals surface area contributed by atoms with E-state index in [4.69, 9.17) is 4.74 Å². The second-order valence-corrected chi connectivity index (χ2v) is 7.02. The highest BCUT2D eigenvalue weighted by atomic mass is 16.5. The molecule has 0 radical (unpaired) electrons. The summed E-state index contributed by atoms with van der Waals surface area (Å²) >= 11 is 0. The van der Waals surface area contributed by atoms with Gasteiger partial charge < -0.3 is 15.2 Å². The number of rotatable bonds is 4. The van der Waals surface area contributed by atoms with Crippen molar-refractivity contribution in [2.24, 2.45) is 5.92 Å². The first kappa shape index (κ1) is 15.8. The van der Waals surface area contributed by atoms with Crippen LogP contribution in [0.2, 0.25) is 0 Å². The largest absolute Gasteiger partial charge is 0.493 e. The van der Waals surface area contributed by atoms with Gasteiger partial charge in [0.15, 0.2) is 0 Å². The average molecular weight is 332 g/mol. The molecular weight excluding hydrogens is 308 g/mol. The first-order chi connectivity index (χ1) is 11.6. The average Bonchev–Trinajstić information content (AvgIpc) is 3.17. The third kappa shape index (κ3) is 2.88. The lowest BCUT2D eigenvalue weighted by atomic mass is 9.74. The van der Waals surface area contributed by atoms with Gasteiger partial charge in [-0.25, -0.2) is 10.9 Å². The molecule has 3 atom stereocenters. The smallest absolute Gasteiger partial charge is 0.240 e. The lowest BCUT2D eigenvalue weighted by Crippen LogP contribution is -2.50. The maximum absolute atomic E-state index is 12.7. The fraction of sp³-hybridized carbons (Fsp3) is 0.588. The van der Waals surface area contributed by atoms with E-state index in [1.54, 1.807) is 0 Å². The van der Waals surface area contributed by atoms with Crippen molar-refractivity contribution >= 4 is 5.91 Å². The highest BCUT2D eigenvalue weighted by Gasteiger charge is 2.38. The fourth-order valence-corrected chi connectivity index (χ4v) is 3.75. The molecule has 4 rings (SSSR count). The van der Waals surface area contributed by atoms with E-state index in [0.29, 0.717) is 0 Å². The lowest BCUT2D eigenvalue weighted by molar-refractivity contribution is -0.125. The van der Waals surface area contributed by atoms with Crippen LogP contribution in [-0.4, -0.2) is 35.8 Å². The van der Waals surface area contributed by atoms with Crippen LogP contribution in [0.4, 0.5) is 0 Å². The Morgan fingerprint density at radius 1 is 1.38 bits per heavy atom. The first-order valence-electron chi connectivity index (χ1n) is 8.62. The van der Waals surface area contributed by atoms with Gasteiger partial charge in [0.05, 0.1) is 18.8 Å². The molecule has 1 saturated carbocycles. The van der Waals surface area contributed by atoms with Gasteiger partial charge in [-0.3, -0.25) is 4.79 Å². The predicted octanol–water partition coefficient (Wildman–Crippen LogP) is -0.0808. The Kier molecular flexibility index (Phi) is 4.17. The predicted molar refractivity (Wildman–Crippen MR) is 87.9 cm³/mol. The molecule has 0 bridgehead atoms. The summed E-state index contributed by atoms with van der Waals surface area (Å²) < 4.78 is 5.57. The molecular formula is C17H24N4O3. The third-order valence-corrected chi connectivity index (χ3v) is 5.30. The molecule has 1 aliphatic carbocycles. The third-order valence-electron chi connectivity index (χ3n) is 5.30. The van der Waals surface area contributed by atoms with Gasteiger partial charge >= 0.3 is 0 Å². The quantitative estimate of drug-likeness (QED) is 0.529. The standard InChI is InChI=1S/C17H24N4O3/c1-9-15(20-21-19-9)17(23)18-16(12-7-13(22)8-12)11-2-3-14-10(6-11)4-5-24-14/h2-3,6,9,12-13,15-16,19-22H,4-5,7-8H2,1H3,(H,18,23). The topological polar surface area (TPSA) is 94.7 Å². The van der Waals surface area contributed by atoms with Gasteiger partial charge in [0.2, 0.25) is 5.91 Å². The number of amides is 1. The number of aliphatic hydroxyl groups excluding tert-OH is 1. The Balaban J connectivity index is 1.54. The zero-order valence-electron chi connectivity index (χ0n) is 13.7. The molecule has 7 heteroatoms. The maximum Gasteiger partial charge on any atom is 0.240 e. The monoisotopic (exact) mass is 332 g/mol. The van der Waals surface area contributed by atoms with E-state index in [0.717, 1.165) is 37.2 Å². The summed E-state index contributed by atoms with van der Waals surface area (Å²) in [5.41, 5.74) is 11.0. The molecule has 2 aliphatic heterocycles. The van der Waals surface area contributed by atoms with Crippen LogP contribution in [0.5, 0.6) is 5.75 Å². The van der Waals surface area contributed by atoms with Crippen molar-refractivity contribution in [1.29, 1.82) is 0 Å². The number of hydrogen-bond donors (Lipinski definition) is 5. The van der Waals surface area contributed by atoms with Crippen LogP contribution in [0, 0.1) is 5.92 Å². The van der Waals surface area contributed by atoms with Crippen LogP contribution in [0.25, 0.3) is 0 Å². The van der Waals surface area contributed by atoms with Gasteiger partial charge in [-0.15, -0.1) is 0 Å². The van der Waals surface area contributed by atoms with Gasteiger partial charge in [0.25, 0.3) is 0 Å². The number of fused-ring (bicyclic) bond motifs is 1. The number of ether oxygens (including phenoxy) is 1. The molecule has 1 aromatic carbocycles. The normalized spacial score (nSPS) is 32.6.